The third-order valence-electron chi connectivity index (χ3n) is 7.85. The van der Waals surface area contributed by atoms with Crippen LogP contribution in [0.3, 0.4) is 0 Å². The Hall–Kier alpha value is -3.92. The fourth-order valence-electron chi connectivity index (χ4n) is 5.50. The summed E-state index contributed by atoms with van der Waals surface area (Å²) in [5.41, 5.74) is 2.71. The Bertz CT molecular complexity index is 1440. The van der Waals surface area contributed by atoms with Gasteiger partial charge in [0.05, 0.1) is 24.7 Å². The second kappa shape index (κ2) is 14.0. The molecule has 1 atom stereocenters. The maximum Gasteiger partial charge on any atom is 0.315 e. The van der Waals surface area contributed by atoms with Crippen LogP contribution in [0.1, 0.15) is 43.7 Å². The van der Waals surface area contributed by atoms with E-state index in [1.54, 1.807) is 13.1 Å². The molecule has 0 spiro atoms. The number of hydrogen-bond donors (Lipinski definition) is 3. The van der Waals surface area contributed by atoms with Crippen molar-refractivity contribution in [2.24, 2.45) is 0 Å². The number of rotatable bonds is 9. The van der Waals surface area contributed by atoms with Crippen molar-refractivity contribution < 1.29 is 24.2 Å². The van der Waals surface area contributed by atoms with Gasteiger partial charge in [-0.25, -0.2) is 9.78 Å². The third kappa shape index (κ3) is 7.73. The number of carbonyl (C=O) groups is 2. The van der Waals surface area contributed by atoms with Crippen LogP contribution >= 0.6 is 11.6 Å². The number of aliphatic hydroxyl groups is 1. The molecule has 226 valence electrons. The Morgan fingerprint density at radius 1 is 1.23 bits per heavy atom. The Morgan fingerprint density at radius 3 is 2.79 bits per heavy atom. The topological polar surface area (TPSA) is 113 Å². The fraction of sp³-hybridized carbons (Fsp3) is 0.364. The number of ether oxygens (including phenoxy) is 2. The molecule has 5 rings (SSSR count). The summed E-state index contributed by atoms with van der Waals surface area (Å²) in [5, 5.41) is 17.6. The minimum absolute atomic E-state index is 0.101. The van der Waals surface area contributed by atoms with Crippen molar-refractivity contribution in [3.05, 3.63) is 100 Å². The van der Waals surface area contributed by atoms with E-state index in [1.807, 2.05) is 60.7 Å². The molecule has 10 heteroatoms. The highest BCUT2D eigenvalue weighted by atomic mass is 35.5. The van der Waals surface area contributed by atoms with E-state index in [9.17, 15) is 14.7 Å². The first-order valence-electron chi connectivity index (χ1n) is 14.7. The van der Waals surface area contributed by atoms with E-state index in [-0.39, 0.29) is 18.9 Å². The van der Waals surface area contributed by atoms with Crippen molar-refractivity contribution in [3.8, 4) is 5.88 Å². The number of esters is 1. The number of likely N-dealkylation sites (tertiary alicyclic amines) is 1. The molecule has 0 radical (unpaired) electrons. The van der Waals surface area contributed by atoms with Gasteiger partial charge in [0.2, 0.25) is 5.88 Å². The van der Waals surface area contributed by atoms with Crippen molar-refractivity contribution in [2.75, 3.05) is 32.8 Å². The SMILES string of the molecule is CCOC(=O)CCNC(=O)NC1C=CC=C2Oc3ncccc3C(=CCCN3CCC(O)(c4ccc(Cl)cc4)CC3)C=C21. The van der Waals surface area contributed by atoms with Crippen molar-refractivity contribution in [1.29, 1.82) is 0 Å². The summed E-state index contributed by atoms with van der Waals surface area (Å²) in [4.78, 5) is 31.1. The quantitative estimate of drug-likeness (QED) is 0.350. The van der Waals surface area contributed by atoms with Gasteiger partial charge >= 0.3 is 12.0 Å². The molecule has 3 heterocycles. The van der Waals surface area contributed by atoms with Crippen LogP contribution in [0, 0.1) is 0 Å². The van der Waals surface area contributed by atoms with Crippen LogP contribution in [0.25, 0.3) is 5.57 Å². The van der Waals surface area contributed by atoms with Gasteiger partial charge in [-0.3, -0.25) is 4.79 Å². The van der Waals surface area contributed by atoms with Gasteiger partial charge in [0.25, 0.3) is 0 Å². The summed E-state index contributed by atoms with van der Waals surface area (Å²) in [6.45, 7) is 4.65. The number of piperidine rings is 1. The molecule has 9 nitrogen and oxygen atoms in total. The summed E-state index contributed by atoms with van der Waals surface area (Å²) in [6, 6.07) is 10.5. The molecule has 1 saturated heterocycles. The van der Waals surface area contributed by atoms with Crippen LogP contribution in [-0.4, -0.2) is 65.8 Å². The molecule has 1 aromatic heterocycles. The largest absolute Gasteiger partial charge is 0.466 e. The third-order valence-corrected chi connectivity index (χ3v) is 8.10. The molecule has 1 fully saturated rings. The first-order valence-corrected chi connectivity index (χ1v) is 15.1. The minimum Gasteiger partial charge on any atom is -0.466 e. The number of aromatic nitrogens is 1. The van der Waals surface area contributed by atoms with Crippen LogP contribution in [0.15, 0.2) is 84.3 Å². The fourth-order valence-corrected chi connectivity index (χ4v) is 5.62. The number of halogens is 1. The van der Waals surface area contributed by atoms with Gasteiger partial charge in [0.15, 0.2) is 0 Å². The van der Waals surface area contributed by atoms with Gasteiger partial charge in [-0.1, -0.05) is 42.0 Å². The molecule has 0 saturated carbocycles. The Kier molecular flexibility index (Phi) is 9.97. The van der Waals surface area contributed by atoms with E-state index in [1.165, 1.54) is 0 Å². The van der Waals surface area contributed by atoms with Crippen molar-refractivity contribution in [1.82, 2.24) is 20.5 Å². The lowest BCUT2D eigenvalue weighted by atomic mass is 9.84. The van der Waals surface area contributed by atoms with Gasteiger partial charge in [-0.05, 0) is 73.7 Å². The maximum atomic E-state index is 12.7. The molecular weight excluding hydrogens is 568 g/mol. The lowest BCUT2D eigenvalue weighted by Crippen LogP contribution is -2.43. The van der Waals surface area contributed by atoms with Gasteiger partial charge in [-0.15, -0.1) is 0 Å². The average Bonchev–Trinajstić information content (AvgIpc) is 3.16. The molecule has 1 aromatic carbocycles. The Morgan fingerprint density at radius 2 is 2.02 bits per heavy atom. The highest BCUT2D eigenvalue weighted by Gasteiger charge is 2.33. The Labute approximate surface area is 256 Å². The molecule has 0 bridgehead atoms. The summed E-state index contributed by atoms with van der Waals surface area (Å²) in [5.74, 6) is 0.762. The summed E-state index contributed by atoms with van der Waals surface area (Å²) < 4.78 is 11.1. The number of nitrogens with one attached hydrogen (secondary N) is 2. The number of amides is 2. The highest BCUT2D eigenvalue weighted by molar-refractivity contribution is 6.30. The van der Waals surface area contributed by atoms with Crippen LogP contribution in [-0.2, 0) is 15.1 Å². The number of benzene rings is 1. The second-order valence-corrected chi connectivity index (χ2v) is 11.2. The zero-order chi connectivity index (χ0) is 30.2. The lowest BCUT2D eigenvalue weighted by molar-refractivity contribution is -0.142. The number of fused-ring (bicyclic) bond motifs is 2. The zero-order valence-corrected chi connectivity index (χ0v) is 25.0. The first kappa shape index (κ1) is 30.5. The normalized spacial score (nSPS) is 20.1. The van der Waals surface area contributed by atoms with E-state index in [4.69, 9.17) is 21.1 Å². The van der Waals surface area contributed by atoms with E-state index in [2.05, 4.69) is 26.6 Å². The molecule has 3 N–H and O–H groups in total. The maximum absolute atomic E-state index is 12.7. The zero-order valence-electron chi connectivity index (χ0n) is 24.2. The predicted octanol–water partition coefficient (Wildman–Crippen LogP) is 4.89. The number of urea groups is 1. The Balaban J connectivity index is 1.25. The molecule has 43 heavy (non-hydrogen) atoms. The van der Waals surface area contributed by atoms with E-state index >= 15 is 0 Å². The van der Waals surface area contributed by atoms with Crippen LogP contribution in [0.5, 0.6) is 5.88 Å². The van der Waals surface area contributed by atoms with Crippen LogP contribution in [0.2, 0.25) is 5.02 Å². The van der Waals surface area contributed by atoms with Gasteiger partial charge in [-0.2, -0.15) is 0 Å². The summed E-state index contributed by atoms with van der Waals surface area (Å²) in [6.07, 6.45) is 13.7. The molecule has 3 aliphatic rings. The van der Waals surface area contributed by atoms with E-state index in [0.29, 0.717) is 36.1 Å². The van der Waals surface area contributed by atoms with Crippen molar-refractivity contribution in [3.63, 3.8) is 0 Å². The standard InChI is InChI=1S/C33H37ClN4O5/c1-2-42-30(39)14-18-36-32(40)37-28-8-3-9-29-27(28)22-23(26-7-4-17-35-31(26)43-29)6-5-19-38-20-15-33(41,16-21-38)24-10-12-25(34)13-11-24/h3-4,6-13,17,22,28,41H,2,5,14-16,18-21H2,1H3,(H2,36,37,40). The lowest BCUT2D eigenvalue weighted by Gasteiger charge is -2.38. The first-order chi connectivity index (χ1) is 20.8. The number of pyridine rings is 1. The predicted molar refractivity (Wildman–Crippen MR) is 165 cm³/mol. The molecule has 1 aliphatic carbocycles. The molecule has 2 amide bonds. The summed E-state index contributed by atoms with van der Waals surface area (Å²) in [7, 11) is 0. The van der Waals surface area contributed by atoms with Gasteiger partial charge < -0.3 is 30.1 Å². The van der Waals surface area contributed by atoms with Gasteiger partial charge in [0.1, 0.15) is 5.76 Å². The number of allylic oxidation sites excluding steroid dienone is 4. The van der Waals surface area contributed by atoms with Gasteiger partial charge in [0, 0.05) is 48.5 Å². The molecule has 2 aromatic rings. The number of carbonyl (C=O) groups excluding carboxylic acids is 2. The molecule has 2 aliphatic heterocycles. The van der Waals surface area contributed by atoms with Crippen LogP contribution < -0.4 is 15.4 Å². The van der Waals surface area contributed by atoms with Crippen molar-refractivity contribution in [2.45, 2.75) is 44.2 Å². The molecule has 1 unspecified atom stereocenters. The number of hydrogen-bond acceptors (Lipinski definition) is 7. The van der Waals surface area contributed by atoms with Crippen molar-refractivity contribution >= 4 is 29.2 Å². The molecular formula is C33H37ClN4O5. The second-order valence-electron chi connectivity index (χ2n) is 10.7. The summed E-state index contributed by atoms with van der Waals surface area (Å²) >= 11 is 6.03. The smallest absolute Gasteiger partial charge is 0.315 e. The minimum atomic E-state index is -0.836. The number of nitrogens with zero attached hydrogens (tertiary/aromatic N) is 2. The average molecular weight is 605 g/mol. The van der Waals surface area contributed by atoms with Crippen LogP contribution in [0.4, 0.5) is 4.79 Å². The van der Waals surface area contributed by atoms with E-state index in [0.717, 1.165) is 48.3 Å². The highest BCUT2D eigenvalue weighted by Crippen LogP contribution is 2.36. The monoisotopic (exact) mass is 604 g/mol. The van der Waals surface area contributed by atoms with E-state index < -0.39 is 17.7 Å².